The van der Waals surface area contributed by atoms with E-state index in [9.17, 15) is 14.7 Å². The van der Waals surface area contributed by atoms with Gasteiger partial charge in [-0.1, -0.05) is 19.9 Å². The van der Waals surface area contributed by atoms with Crippen LogP contribution in [0.3, 0.4) is 0 Å². The van der Waals surface area contributed by atoms with Gasteiger partial charge in [0, 0.05) is 19.2 Å². The summed E-state index contributed by atoms with van der Waals surface area (Å²) in [5.41, 5.74) is 0.667. The van der Waals surface area contributed by atoms with E-state index in [1.165, 1.54) is 0 Å². The Hall–Kier alpha value is -1.91. The number of aromatic nitrogens is 1. The van der Waals surface area contributed by atoms with Crippen LogP contribution in [0.25, 0.3) is 0 Å². The largest absolute Gasteiger partial charge is 0.481 e. The Labute approximate surface area is 125 Å². The van der Waals surface area contributed by atoms with Crippen molar-refractivity contribution in [2.75, 3.05) is 6.54 Å². The fraction of sp³-hybridized carbons (Fsp3) is 0.562. The number of carboxylic acids is 1. The monoisotopic (exact) mass is 290 g/mol. The maximum Gasteiger partial charge on any atom is 0.309 e. The van der Waals surface area contributed by atoms with Crippen LogP contribution < -0.4 is 0 Å². The van der Waals surface area contributed by atoms with Gasteiger partial charge >= 0.3 is 5.97 Å². The van der Waals surface area contributed by atoms with Gasteiger partial charge in [0.05, 0.1) is 17.7 Å². The number of hydrogen-bond donors (Lipinski definition) is 1. The molecule has 2 rings (SSSR count). The van der Waals surface area contributed by atoms with Gasteiger partial charge in [-0.3, -0.25) is 14.6 Å². The van der Waals surface area contributed by atoms with Crippen LogP contribution in [0.15, 0.2) is 24.4 Å². The molecule has 1 aliphatic rings. The molecule has 5 nitrogen and oxygen atoms in total. The van der Waals surface area contributed by atoms with Crippen LogP contribution >= 0.6 is 0 Å². The van der Waals surface area contributed by atoms with Gasteiger partial charge < -0.3 is 10.0 Å². The highest BCUT2D eigenvalue weighted by atomic mass is 16.4. The van der Waals surface area contributed by atoms with Crippen LogP contribution in [0.2, 0.25) is 0 Å². The molecule has 0 aliphatic carbocycles. The summed E-state index contributed by atoms with van der Waals surface area (Å²) in [5.74, 6) is -1.13. The standard InChI is InChI=1S/C16H22N2O3/c1-11(2)10-18-14(19)8-5-6-12(16(20)21)15(18)13-7-3-4-9-17-13/h3-4,7,9,11-12,15H,5-6,8,10H2,1-2H3,(H,20,21). The molecule has 1 aliphatic heterocycles. The maximum absolute atomic E-state index is 12.4. The minimum atomic E-state index is -0.853. The molecule has 5 heteroatoms. The molecule has 0 aromatic carbocycles. The number of hydrogen-bond acceptors (Lipinski definition) is 3. The van der Waals surface area contributed by atoms with E-state index in [1.807, 2.05) is 26.0 Å². The van der Waals surface area contributed by atoms with Crippen molar-refractivity contribution < 1.29 is 14.7 Å². The van der Waals surface area contributed by atoms with Gasteiger partial charge in [0.1, 0.15) is 0 Å². The minimum absolute atomic E-state index is 0.0307. The summed E-state index contributed by atoms with van der Waals surface area (Å²) in [5, 5.41) is 9.57. The molecule has 21 heavy (non-hydrogen) atoms. The Bertz CT molecular complexity index is 502. The molecule has 1 aromatic rings. The molecule has 0 radical (unpaired) electrons. The molecule has 0 bridgehead atoms. The van der Waals surface area contributed by atoms with Crippen molar-refractivity contribution in [1.29, 1.82) is 0 Å². The summed E-state index contributed by atoms with van der Waals surface area (Å²) < 4.78 is 0. The van der Waals surface area contributed by atoms with Crippen LogP contribution in [0.1, 0.15) is 44.8 Å². The topological polar surface area (TPSA) is 70.5 Å². The third-order valence-electron chi connectivity index (χ3n) is 3.81. The first-order chi connectivity index (χ1) is 10.0. The van der Waals surface area contributed by atoms with E-state index in [4.69, 9.17) is 0 Å². The van der Waals surface area contributed by atoms with Crippen LogP contribution in [0.5, 0.6) is 0 Å². The van der Waals surface area contributed by atoms with Gasteiger partial charge in [-0.2, -0.15) is 0 Å². The summed E-state index contributed by atoms with van der Waals surface area (Å²) >= 11 is 0. The first-order valence-corrected chi connectivity index (χ1v) is 7.44. The van der Waals surface area contributed by atoms with Crippen molar-refractivity contribution in [1.82, 2.24) is 9.88 Å². The van der Waals surface area contributed by atoms with E-state index in [-0.39, 0.29) is 11.8 Å². The fourth-order valence-corrected chi connectivity index (χ4v) is 2.93. The highest BCUT2D eigenvalue weighted by Crippen LogP contribution is 2.35. The number of pyridine rings is 1. The number of rotatable bonds is 4. The van der Waals surface area contributed by atoms with E-state index in [0.29, 0.717) is 31.5 Å². The van der Waals surface area contributed by atoms with E-state index >= 15 is 0 Å². The maximum atomic E-state index is 12.4. The summed E-state index contributed by atoms with van der Waals surface area (Å²) in [6.45, 7) is 4.62. The quantitative estimate of drug-likeness (QED) is 0.925. The molecule has 1 N–H and O–H groups in total. The minimum Gasteiger partial charge on any atom is -0.481 e. The predicted molar refractivity (Wildman–Crippen MR) is 78.5 cm³/mol. The Balaban J connectivity index is 2.44. The number of carbonyl (C=O) groups is 2. The van der Waals surface area contributed by atoms with E-state index in [1.54, 1.807) is 17.2 Å². The molecule has 1 fully saturated rings. The van der Waals surface area contributed by atoms with Gasteiger partial charge in [-0.25, -0.2) is 0 Å². The lowest BCUT2D eigenvalue weighted by Gasteiger charge is -2.34. The average Bonchev–Trinajstić information content (AvgIpc) is 2.60. The zero-order valence-electron chi connectivity index (χ0n) is 12.5. The SMILES string of the molecule is CC(C)CN1C(=O)CCCC(C(=O)O)C1c1ccccn1. The number of carboxylic acid groups (broad SMARTS) is 1. The summed E-state index contributed by atoms with van der Waals surface area (Å²) in [6, 6.07) is 4.97. The molecule has 0 spiro atoms. The van der Waals surface area contributed by atoms with Gasteiger partial charge in [0.2, 0.25) is 5.91 Å². The number of likely N-dealkylation sites (tertiary alicyclic amines) is 1. The van der Waals surface area contributed by atoms with E-state index < -0.39 is 17.9 Å². The lowest BCUT2D eigenvalue weighted by Crippen LogP contribution is -2.41. The Kier molecular flexibility index (Phi) is 4.94. The third-order valence-corrected chi connectivity index (χ3v) is 3.81. The lowest BCUT2D eigenvalue weighted by molar-refractivity contribution is -0.146. The summed E-state index contributed by atoms with van der Waals surface area (Å²) in [7, 11) is 0. The number of nitrogens with zero attached hydrogens (tertiary/aromatic N) is 2. The molecule has 0 saturated carbocycles. The average molecular weight is 290 g/mol. The second-order valence-electron chi connectivity index (χ2n) is 5.98. The number of aliphatic carboxylic acids is 1. The molecule has 2 unspecified atom stereocenters. The second-order valence-corrected chi connectivity index (χ2v) is 5.98. The number of amides is 1. The Morgan fingerprint density at radius 1 is 1.48 bits per heavy atom. The smallest absolute Gasteiger partial charge is 0.309 e. The first-order valence-electron chi connectivity index (χ1n) is 7.44. The normalized spacial score (nSPS) is 23.2. The Morgan fingerprint density at radius 2 is 2.24 bits per heavy atom. The summed E-state index contributed by atoms with van der Waals surface area (Å²) in [4.78, 5) is 30.1. The van der Waals surface area contributed by atoms with E-state index in [2.05, 4.69) is 4.98 Å². The Morgan fingerprint density at radius 3 is 2.81 bits per heavy atom. The van der Waals surface area contributed by atoms with Crippen molar-refractivity contribution in [2.45, 2.75) is 39.2 Å². The van der Waals surface area contributed by atoms with Crippen molar-refractivity contribution in [3.8, 4) is 0 Å². The van der Waals surface area contributed by atoms with Gasteiger partial charge in [0.15, 0.2) is 0 Å². The van der Waals surface area contributed by atoms with Crippen molar-refractivity contribution >= 4 is 11.9 Å². The van der Waals surface area contributed by atoms with Crippen molar-refractivity contribution in [3.05, 3.63) is 30.1 Å². The van der Waals surface area contributed by atoms with Crippen LogP contribution in [0, 0.1) is 11.8 Å². The highest BCUT2D eigenvalue weighted by Gasteiger charge is 2.39. The molecule has 1 aromatic heterocycles. The van der Waals surface area contributed by atoms with Crippen molar-refractivity contribution in [3.63, 3.8) is 0 Å². The van der Waals surface area contributed by atoms with Crippen LogP contribution in [0.4, 0.5) is 0 Å². The third kappa shape index (κ3) is 3.60. The van der Waals surface area contributed by atoms with Crippen LogP contribution in [-0.2, 0) is 9.59 Å². The molecule has 1 saturated heterocycles. The molecular formula is C16H22N2O3. The zero-order chi connectivity index (χ0) is 15.4. The lowest BCUT2D eigenvalue weighted by atomic mass is 9.91. The van der Waals surface area contributed by atoms with Crippen LogP contribution in [-0.4, -0.2) is 33.4 Å². The fourth-order valence-electron chi connectivity index (χ4n) is 2.93. The molecule has 2 heterocycles. The van der Waals surface area contributed by atoms with Crippen molar-refractivity contribution in [2.24, 2.45) is 11.8 Å². The van der Waals surface area contributed by atoms with Gasteiger partial charge in [-0.15, -0.1) is 0 Å². The predicted octanol–water partition coefficient (Wildman–Crippen LogP) is 2.49. The molecular weight excluding hydrogens is 268 g/mol. The second kappa shape index (κ2) is 6.70. The summed E-state index contributed by atoms with van der Waals surface area (Å²) in [6.07, 6.45) is 3.20. The molecule has 1 amide bonds. The molecule has 114 valence electrons. The van der Waals surface area contributed by atoms with E-state index in [0.717, 1.165) is 0 Å². The zero-order valence-corrected chi connectivity index (χ0v) is 12.5. The highest BCUT2D eigenvalue weighted by molar-refractivity contribution is 5.79. The van der Waals surface area contributed by atoms with Gasteiger partial charge in [-0.05, 0) is 30.9 Å². The number of carbonyl (C=O) groups excluding carboxylic acids is 1. The first kappa shape index (κ1) is 15.5. The molecule has 2 atom stereocenters. The van der Waals surface area contributed by atoms with Gasteiger partial charge in [0.25, 0.3) is 0 Å².